The highest BCUT2D eigenvalue weighted by molar-refractivity contribution is 8.19. The Bertz CT molecular complexity index is 1500. The monoisotopic (exact) mass is 570 g/mol. The summed E-state index contributed by atoms with van der Waals surface area (Å²) >= 11 is 7.27. The molecule has 0 atom stereocenters. The van der Waals surface area contributed by atoms with Crippen LogP contribution >= 0.6 is 23.4 Å². The van der Waals surface area contributed by atoms with Gasteiger partial charge >= 0.3 is 0 Å². The van der Waals surface area contributed by atoms with Crippen LogP contribution in [0.3, 0.4) is 0 Å². The molecule has 38 heavy (non-hydrogen) atoms. The summed E-state index contributed by atoms with van der Waals surface area (Å²) in [7, 11) is -2.44. The maximum atomic E-state index is 13.1. The van der Waals surface area contributed by atoms with Crippen LogP contribution in [0, 0.1) is 0 Å². The summed E-state index contributed by atoms with van der Waals surface area (Å²) in [5.41, 5.74) is 2.54. The van der Waals surface area contributed by atoms with Gasteiger partial charge in [-0.05, 0) is 72.6 Å². The number of hydrogen-bond donors (Lipinski definition) is 0. The molecule has 0 N–H and O–H groups in total. The average molecular weight is 571 g/mol. The number of ether oxygens (including phenoxy) is 2. The van der Waals surface area contributed by atoms with Crippen LogP contribution in [0.2, 0.25) is 5.02 Å². The predicted molar refractivity (Wildman–Crippen MR) is 152 cm³/mol. The first-order valence-electron chi connectivity index (χ1n) is 11.9. The molecule has 3 aromatic carbocycles. The third-order valence-corrected chi connectivity index (χ3v) is 8.63. The summed E-state index contributed by atoms with van der Waals surface area (Å²) in [5.74, 6) is 0.695. The number of carbonyl (C=O) groups is 1. The number of methoxy groups -OCH3 is 1. The molecule has 0 saturated carbocycles. The van der Waals surface area contributed by atoms with E-state index in [-0.39, 0.29) is 29.1 Å². The van der Waals surface area contributed by atoms with E-state index in [1.165, 1.54) is 17.0 Å². The lowest BCUT2D eigenvalue weighted by atomic mass is 10.1. The van der Waals surface area contributed by atoms with Crippen LogP contribution in [0.25, 0.3) is 6.08 Å². The molecule has 1 aliphatic heterocycles. The Hall–Kier alpha value is -3.27. The summed E-state index contributed by atoms with van der Waals surface area (Å²) in [6.45, 7) is 4.28. The molecule has 1 saturated heterocycles. The zero-order valence-electron chi connectivity index (χ0n) is 21.2. The lowest BCUT2D eigenvalue weighted by Gasteiger charge is -2.12. The summed E-state index contributed by atoms with van der Waals surface area (Å²) in [6.07, 6.45) is 2.48. The van der Waals surface area contributed by atoms with Gasteiger partial charge in [-0.1, -0.05) is 54.9 Å². The average Bonchev–Trinajstić information content (AvgIpc) is 3.20. The van der Waals surface area contributed by atoms with Crippen molar-refractivity contribution in [2.75, 3.05) is 13.7 Å². The largest absolute Gasteiger partial charge is 0.493 e. The molecule has 1 aliphatic rings. The van der Waals surface area contributed by atoms with Crippen LogP contribution in [0.1, 0.15) is 30.5 Å². The number of hydrogen-bond acceptors (Lipinski definition) is 6. The van der Waals surface area contributed by atoms with E-state index in [0.29, 0.717) is 27.0 Å². The quantitative estimate of drug-likeness (QED) is 0.286. The number of nitrogens with zero attached hydrogens (tertiary/aromatic N) is 2. The molecule has 0 spiro atoms. The number of thioether (sulfide) groups is 1. The van der Waals surface area contributed by atoms with Crippen LogP contribution in [0.4, 0.5) is 0 Å². The van der Waals surface area contributed by atoms with Gasteiger partial charge in [0.15, 0.2) is 16.7 Å². The highest BCUT2D eigenvalue weighted by Crippen LogP contribution is 2.36. The second-order valence-electron chi connectivity index (χ2n) is 8.30. The fourth-order valence-corrected chi connectivity index (χ4v) is 6.16. The van der Waals surface area contributed by atoms with Crippen molar-refractivity contribution in [1.29, 1.82) is 0 Å². The first kappa shape index (κ1) is 27.8. The van der Waals surface area contributed by atoms with Crippen molar-refractivity contribution in [2.24, 2.45) is 4.40 Å². The van der Waals surface area contributed by atoms with Crippen LogP contribution in [-0.2, 0) is 27.8 Å². The maximum absolute atomic E-state index is 13.1. The molecule has 1 heterocycles. The van der Waals surface area contributed by atoms with E-state index in [1.807, 2.05) is 25.1 Å². The van der Waals surface area contributed by atoms with Crippen LogP contribution in [0.15, 0.2) is 80.9 Å². The number of carbonyl (C=O) groups excluding carboxylic acids is 1. The molecule has 0 bridgehead atoms. The fraction of sp³-hybridized carbons (Fsp3) is 0.214. The third-order valence-electron chi connectivity index (χ3n) is 5.86. The molecular weight excluding hydrogens is 544 g/mol. The molecule has 1 amide bonds. The second-order valence-corrected chi connectivity index (χ2v) is 11.3. The van der Waals surface area contributed by atoms with Crippen molar-refractivity contribution < 1.29 is 22.7 Å². The SMILES string of the molecule is CCc1ccc(S(=O)(=O)N=C2S/C(=C\c3ccc(OC)c(OCc4ccccc4Cl)c3)C(=O)N2CC)cc1. The molecular formula is C28H27ClN2O5S2. The molecule has 198 valence electrons. The Kier molecular flexibility index (Phi) is 8.81. The minimum absolute atomic E-state index is 0.0826. The summed E-state index contributed by atoms with van der Waals surface area (Å²) in [5, 5.41) is 0.715. The normalized spacial score (nSPS) is 15.9. The standard InChI is InChI=1S/C28H27ClN2O5S2/c1-4-19-10-13-22(14-11-19)38(33,34)30-28-31(5-2)27(32)26(37-28)17-20-12-15-24(35-3)25(16-20)36-18-21-8-6-7-9-23(21)29/h6-17H,4-5,18H2,1-3H3/b26-17-,30-28?. The Morgan fingerprint density at radius 2 is 1.76 bits per heavy atom. The van der Waals surface area contributed by atoms with E-state index in [4.69, 9.17) is 21.1 Å². The zero-order valence-corrected chi connectivity index (χ0v) is 23.6. The van der Waals surface area contributed by atoms with Gasteiger partial charge in [-0.2, -0.15) is 8.42 Å². The van der Waals surface area contributed by atoms with Gasteiger partial charge in [0, 0.05) is 17.1 Å². The first-order valence-corrected chi connectivity index (χ1v) is 14.6. The van der Waals surface area contributed by atoms with Gasteiger partial charge in [0.2, 0.25) is 0 Å². The van der Waals surface area contributed by atoms with Crippen molar-refractivity contribution in [2.45, 2.75) is 31.8 Å². The van der Waals surface area contributed by atoms with Crippen LogP contribution in [0.5, 0.6) is 11.5 Å². The first-order chi connectivity index (χ1) is 18.2. The van der Waals surface area contributed by atoms with E-state index >= 15 is 0 Å². The van der Waals surface area contributed by atoms with Gasteiger partial charge < -0.3 is 9.47 Å². The van der Waals surface area contributed by atoms with E-state index in [9.17, 15) is 13.2 Å². The number of likely N-dealkylation sites (N-methyl/N-ethyl adjacent to an activating group) is 1. The Morgan fingerprint density at radius 1 is 1.03 bits per heavy atom. The Labute approximate surface area is 232 Å². The molecule has 1 fully saturated rings. The Balaban J connectivity index is 1.60. The summed E-state index contributed by atoms with van der Waals surface area (Å²) in [6, 6.07) is 19.3. The summed E-state index contributed by atoms with van der Waals surface area (Å²) < 4.78 is 41.3. The number of amidine groups is 1. The van der Waals surface area contributed by atoms with E-state index in [2.05, 4.69) is 4.40 Å². The molecule has 7 nitrogen and oxygen atoms in total. The van der Waals surface area contributed by atoms with Gasteiger partial charge in [0.05, 0.1) is 16.9 Å². The predicted octanol–water partition coefficient (Wildman–Crippen LogP) is 6.17. The lowest BCUT2D eigenvalue weighted by molar-refractivity contribution is -0.122. The van der Waals surface area contributed by atoms with Crippen LogP contribution < -0.4 is 9.47 Å². The zero-order chi connectivity index (χ0) is 27.3. The highest BCUT2D eigenvalue weighted by Gasteiger charge is 2.34. The maximum Gasteiger partial charge on any atom is 0.284 e. The van der Waals surface area contributed by atoms with E-state index < -0.39 is 10.0 Å². The van der Waals surface area contributed by atoms with Gasteiger partial charge in [-0.3, -0.25) is 9.69 Å². The van der Waals surface area contributed by atoms with E-state index in [1.54, 1.807) is 56.5 Å². The molecule has 0 aliphatic carbocycles. The minimum Gasteiger partial charge on any atom is -0.493 e. The number of halogens is 1. The molecule has 4 rings (SSSR count). The molecule has 10 heteroatoms. The summed E-state index contributed by atoms with van der Waals surface area (Å²) in [4.78, 5) is 14.9. The van der Waals surface area contributed by atoms with Gasteiger partial charge in [0.25, 0.3) is 15.9 Å². The number of rotatable bonds is 9. The fourth-order valence-electron chi connectivity index (χ4n) is 3.73. The van der Waals surface area contributed by atoms with Crippen molar-refractivity contribution in [3.8, 4) is 11.5 Å². The highest BCUT2D eigenvalue weighted by atomic mass is 35.5. The number of benzene rings is 3. The molecule has 0 radical (unpaired) electrons. The van der Waals surface area contributed by atoms with Crippen molar-refractivity contribution in [3.05, 3.63) is 93.3 Å². The second kappa shape index (κ2) is 12.1. The van der Waals surface area contributed by atoms with Crippen molar-refractivity contribution in [3.63, 3.8) is 0 Å². The van der Waals surface area contributed by atoms with Gasteiger partial charge in [0.1, 0.15) is 6.61 Å². The number of aryl methyl sites for hydroxylation is 1. The molecule has 0 aromatic heterocycles. The molecule has 3 aromatic rings. The van der Waals surface area contributed by atoms with Crippen molar-refractivity contribution >= 4 is 50.5 Å². The Morgan fingerprint density at radius 3 is 2.42 bits per heavy atom. The number of sulfonamides is 1. The lowest BCUT2D eigenvalue weighted by Crippen LogP contribution is -2.29. The minimum atomic E-state index is -3.99. The topological polar surface area (TPSA) is 85.3 Å². The van der Waals surface area contributed by atoms with Gasteiger partial charge in [-0.25, -0.2) is 0 Å². The smallest absolute Gasteiger partial charge is 0.284 e. The van der Waals surface area contributed by atoms with Crippen molar-refractivity contribution in [1.82, 2.24) is 4.90 Å². The van der Waals surface area contributed by atoms with Gasteiger partial charge in [-0.15, -0.1) is 4.40 Å². The third kappa shape index (κ3) is 6.23. The number of amides is 1. The van der Waals surface area contributed by atoms with E-state index in [0.717, 1.165) is 29.3 Å². The van der Waals surface area contributed by atoms with Crippen LogP contribution in [-0.4, -0.2) is 38.0 Å². The molecule has 0 unspecified atom stereocenters.